The number of ketones is 1. The Balaban J connectivity index is 2.87. The van der Waals surface area contributed by atoms with Crippen LogP contribution in [0.25, 0.3) is 0 Å². The summed E-state index contributed by atoms with van der Waals surface area (Å²) in [7, 11) is 1.31. The van der Waals surface area contributed by atoms with Crippen molar-refractivity contribution in [1.29, 1.82) is 0 Å². The average Bonchev–Trinajstić information content (AvgIpc) is 2.37. The highest BCUT2D eigenvalue weighted by Gasteiger charge is 2.15. The first-order valence-corrected chi connectivity index (χ1v) is 6.31. The fourth-order valence-electron chi connectivity index (χ4n) is 1.67. The van der Waals surface area contributed by atoms with Crippen molar-refractivity contribution in [1.82, 2.24) is 0 Å². The van der Waals surface area contributed by atoms with Gasteiger partial charge in [-0.05, 0) is 32.9 Å². The van der Waals surface area contributed by atoms with Gasteiger partial charge in [0, 0.05) is 6.42 Å². The third kappa shape index (κ3) is 4.73. The van der Waals surface area contributed by atoms with Crippen LogP contribution in [0.3, 0.4) is 0 Å². The van der Waals surface area contributed by atoms with E-state index >= 15 is 0 Å². The van der Waals surface area contributed by atoms with Gasteiger partial charge in [-0.2, -0.15) is 0 Å². The third-order valence-electron chi connectivity index (χ3n) is 2.58. The molecule has 0 atom stereocenters. The van der Waals surface area contributed by atoms with Crippen molar-refractivity contribution in [2.75, 3.05) is 7.11 Å². The van der Waals surface area contributed by atoms with Crippen molar-refractivity contribution >= 4 is 11.8 Å². The van der Waals surface area contributed by atoms with E-state index in [-0.39, 0.29) is 30.7 Å². The molecule has 0 fully saturated rings. The van der Waals surface area contributed by atoms with E-state index in [2.05, 4.69) is 4.74 Å². The number of hydrogen-bond acceptors (Lipinski definition) is 4. The minimum absolute atomic E-state index is 0.00476. The molecule has 19 heavy (non-hydrogen) atoms. The number of carbonyl (C=O) groups is 2. The molecule has 0 saturated heterocycles. The van der Waals surface area contributed by atoms with Crippen LogP contribution in [-0.4, -0.2) is 25.0 Å². The predicted octanol–water partition coefficient (Wildman–Crippen LogP) is 2.92. The van der Waals surface area contributed by atoms with Gasteiger partial charge in [-0.25, -0.2) is 0 Å². The van der Waals surface area contributed by atoms with Crippen molar-refractivity contribution in [3.63, 3.8) is 0 Å². The quantitative estimate of drug-likeness (QED) is 0.585. The van der Waals surface area contributed by atoms with Crippen LogP contribution < -0.4 is 4.74 Å². The average molecular weight is 264 g/mol. The van der Waals surface area contributed by atoms with Gasteiger partial charge in [-0.15, -0.1) is 0 Å². The molecule has 0 heterocycles. The van der Waals surface area contributed by atoms with Gasteiger partial charge in [0.15, 0.2) is 5.78 Å². The highest BCUT2D eigenvalue weighted by Crippen LogP contribution is 2.23. The second kappa shape index (κ2) is 6.92. The van der Waals surface area contributed by atoms with Crippen molar-refractivity contribution in [2.45, 2.75) is 39.7 Å². The zero-order chi connectivity index (χ0) is 14.4. The van der Waals surface area contributed by atoms with Gasteiger partial charge in [0.1, 0.15) is 5.75 Å². The van der Waals surface area contributed by atoms with Crippen LogP contribution >= 0.6 is 0 Å². The maximum absolute atomic E-state index is 12.1. The smallest absolute Gasteiger partial charge is 0.305 e. The lowest BCUT2D eigenvalue weighted by atomic mass is 10.0. The van der Waals surface area contributed by atoms with Gasteiger partial charge in [-0.3, -0.25) is 9.59 Å². The van der Waals surface area contributed by atoms with E-state index in [1.54, 1.807) is 12.1 Å². The van der Waals surface area contributed by atoms with Crippen molar-refractivity contribution in [2.24, 2.45) is 0 Å². The molecule has 0 aliphatic carbocycles. The molecule has 0 saturated carbocycles. The first kappa shape index (κ1) is 15.2. The summed E-state index contributed by atoms with van der Waals surface area (Å²) in [5.74, 6) is 0.0764. The summed E-state index contributed by atoms with van der Waals surface area (Å²) in [5.41, 5.74) is 1.51. The summed E-state index contributed by atoms with van der Waals surface area (Å²) >= 11 is 0. The Hall–Kier alpha value is -1.84. The number of aryl methyl sites for hydroxylation is 1. The Morgan fingerprint density at radius 1 is 1.21 bits per heavy atom. The van der Waals surface area contributed by atoms with Gasteiger partial charge >= 0.3 is 5.97 Å². The largest absolute Gasteiger partial charge is 0.490 e. The molecule has 0 bridgehead atoms. The number of methoxy groups -OCH3 is 1. The maximum atomic E-state index is 12.1. The molecule has 0 amide bonds. The van der Waals surface area contributed by atoms with Crippen LogP contribution in [0.5, 0.6) is 5.75 Å². The Morgan fingerprint density at radius 2 is 1.89 bits per heavy atom. The number of Topliss-reactive ketones (excluding diaryl/α,β-unsaturated/α-hetero) is 1. The molecule has 0 aliphatic heterocycles. The predicted molar refractivity (Wildman–Crippen MR) is 72.5 cm³/mol. The standard InChI is InChI=1S/C15H20O4/c1-10(2)19-14-7-5-11(3)9-12(14)13(16)6-8-15(17)18-4/h5,7,9-10H,6,8H2,1-4H3. The van der Waals surface area contributed by atoms with Gasteiger partial charge in [-0.1, -0.05) is 11.6 Å². The second-order valence-electron chi connectivity index (χ2n) is 4.67. The second-order valence-corrected chi connectivity index (χ2v) is 4.67. The van der Waals surface area contributed by atoms with E-state index in [1.807, 2.05) is 26.8 Å². The molecule has 0 spiro atoms. The topological polar surface area (TPSA) is 52.6 Å². The van der Waals surface area contributed by atoms with E-state index in [0.29, 0.717) is 11.3 Å². The molecule has 0 radical (unpaired) electrons. The van der Waals surface area contributed by atoms with Gasteiger partial charge < -0.3 is 9.47 Å². The summed E-state index contributed by atoms with van der Waals surface area (Å²) in [4.78, 5) is 23.2. The number of benzene rings is 1. The van der Waals surface area contributed by atoms with Gasteiger partial charge in [0.2, 0.25) is 0 Å². The van der Waals surface area contributed by atoms with Crippen molar-refractivity contribution in [3.05, 3.63) is 29.3 Å². The van der Waals surface area contributed by atoms with Crippen LogP contribution in [0.2, 0.25) is 0 Å². The summed E-state index contributed by atoms with van der Waals surface area (Å²) in [6, 6.07) is 5.48. The lowest BCUT2D eigenvalue weighted by Gasteiger charge is -2.14. The van der Waals surface area contributed by atoms with E-state index in [0.717, 1.165) is 5.56 Å². The minimum atomic E-state index is -0.382. The SMILES string of the molecule is COC(=O)CCC(=O)c1cc(C)ccc1OC(C)C. The Bertz CT molecular complexity index is 463. The Morgan fingerprint density at radius 3 is 2.47 bits per heavy atom. The molecule has 0 aromatic heterocycles. The molecule has 0 N–H and O–H groups in total. The van der Waals surface area contributed by atoms with Crippen molar-refractivity contribution in [3.8, 4) is 5.75 Å². The Kier molecular flexibility index (Phi) is 5.55. The van der Waals surface area contributed by atoms with Crippen LogP contribution in [-0.2, 0) is 9.53 Å². The molecule has 4 nitrogen and oxygen atoms in total. The summed E-state index contributed by atoms with van der Waals surface area (Å²) in [5, 5.41) is 0. The van der Waals surface area contributed by atoms with E-state index in [4.69, 9.17) is 4.74 Å². The summed E-state index contributed by atoms with van der Waals surface area (Å²) < 4.78 is 10.2. The maximum Gasteiger partial charge on any atom is 0.305 e. The molecule has 104 valence electrons. The highest BCUT2D eigenvalue weighted by atomic mass is 16.5. The van der Waals surface area contributed by atoms with E-state index < -0.39 is 0 Å². The Labute approximate surface area is 113 Å². The van der Waals surface area contributed by atoms with Crippen LogP contribution in [0, 0.1) is 6.92 Å². The molecule has 4 heteroatoms. The number of carbonyl (C=O) groups excluding carboxylic acids is 2. The zero-order valence-corrected chi connectivity index (χ0v) is 11.9. The highest BCUT2D eigenvalue weighted by molar-refractivity contribution is 6.00. The van der Waals surface area contributed by atoms with Gasteiger partial charge in [0.25, 0.3) is 0 Å². The van der Waals surface area contributed by atoms with Crippen LogP contribution in [0.1, 0.15) is 42.6 Å². The monoisotopic (exact) mass is 264 g/mol. The normalized spacial score (nSPS) is 10.4. The number of hydrogen-bond donors (Lipinski definition) is 0. The number of rotatable bonds is 6. The minimum Gasteiger partial charge on any atom is -0.490 e. The zero-order valence-electron chi connectivity index (χ0n) is 11.9. The molecular formula is C15H20O4. The lowest BCUT2D eigenvalue weighted by molar-refractivity contribution is -0.140. The first-order chi connectivity index (χ1) is 8.93. The number of ether oxygens (including phenoxy) is 2. The molecule has 1 aromatic carbocycles. The van der Waals surface area contributed by atoms with Crippen LogP contribution in [0.15, 0.2) is 18.2 Å². The van der Waals surface area contributed by atoms with Crippen LogP contribution in [0.4, 0.5) is 0 Å². The molecule has 0 unspecified atom stereocenters. The van der Waals surface area contributed by atoms with E-state index in [1.165, 1.54) is 7.11 Å². The molecule has 0 aliphatic rings. The van der Waals surface area contributed by atoms with Crippen molar-refractivity contribution < 1.29 is 19.1 Å². The molecular weight excluding hydrogens is 244 g/mol. The van der Waals surface area contributed by atoms with Gasteiger partial charge in [0.05, 0.1) is 25.2 Å². The molecule has 1 rings (SSSR count). The fraction of sp³-hybridized carbons (Fsp3) is 0.467. The molecule has 1 aromatic rings. The summed E-state index contributed by atoms with van der Waals surface area (Å²) in [6.07, 6.45) is 0.212. The first-order valence-electron chi connectivity index (χ1n) is 6.31. The number of esters is 1. The third-order valence-corrected chi connectivity index (χ3v) is 2.58. The summed E-state index contributed by atoms with van der Waals surface area (Å²) in [6.45, 7) is 5.72. The van der Waals surface area contributed by atoms with E-state index in [9.17, 15) is 9.59 Å². The fourth-order valence-corrected chi connectivity index (χ4v) is 1.67. The lowest BCUT2D eigenvalue weighted by Crippen LogP contribution is -2.11.